The maximum atomic E-state index is 13.4. The van der Waals surface area contributed by atoms with E-state index in [9.17, 15) is 9.18 Å². The summed E-state index contributed by atoms with van der Waals surface area (Å²) in [5.41, 5.74) is 1.68. The fourth-order valence-electron chi connectivity index (χ4n) is 4.49. The molecule has 2 aromatic rings. The minimum atomic E-state index is -0.378. The number of fused-ring (bicyclic) bond motifs is 2. The monoisotopic (exact) mass is 368 g/mol. The first-order valence-corrected chi connectivity index (χ1v) is 9.57. The standard InChI is InChI=1S/C22H25FN2O2/c1-27-21-9-5-15(6-10-21)14-25-19-7-8-20(25)13-18(12-19)24-22(26)16-3-2-4-17(23)11-16/h2-6,9-11,18-20H,7-8,12-14H2,1H3,(H,24,26)/t18?,19-,20+. The highest BCUT2D eigenvalue weighted by Gasteiger charge is 2.40. The van der Waals surface area contributed by atoms with Gasteiger partial charge in [-0.1, -0.05) is 18.2 Å². The fourth-order valence-corrected chi connectivity index (χ4v) is 4.49. The van der Waals surface area contributed by atoms with Crippen LogP contribution in [0, 0.1) is 5.82 Å². The van der Waals surface area contributed by atoms with Crippen molar-refractivity contribution in [2.24, 2.45) is 0 Å². The summed E-state index contributed by atoms with van der Waals surface area (Å²) >= 11 is 0. The van der Waals surface area contributed by atoms with E-state index < -0.39 is 0 Å². The van der Waals surface area contributed by atoms with E-state index in [0.717, 1.165) is 25.1 Å². The molecule has 4 nitrogen and oxygen atoms in total. The smallest absolute Gasteiger partial charge is 0.251 e. The predicted molar refractivity (Wildman–Crippen MR) is 102 cm³/mol. The highest BCUT2D eigenvalue weighted by molar-refractivity contribution is 5.94. The van der Waals surface area contributed by atoms with Crippen LogP contribution < -0.4 is 10.1 Å². The average Bonchev–Trinajstić information content (AvgIpc) is 2.90. The third kappa shape index (κ3) is 3.98. The van der Waals surface area contributed by atoms with Crippen molar-refractivity contribution in [2.75, 3.05) is 7.11 Å². The van der Waals surface area contributed by atoms with Gasteiger partial charge in [-0.25, -0.2) is 4.39 Å². The van der Waals surface area contributed by atoms with Crippen molar-refractivity contribution in [1.29, 1.82) is 0 Å². The average molecular weight is 368 g/mol. The number of nitrogens with one attached hydrogen (secondary N) is 1. The molecule has 5 heteroatoms. The number of hydrogen-bond donors (Lipinski definition) is 1. The maximum Gasteiger partial charge on any atom is 0.251 e. The molecule has 2 saturated heterocycles. The Morgan fingerprint density at radius 2 is 1.85 bits per heavy atom. The second-order valence-electron chi connectivity index (χ2n) is 7.56. The van der Waals surface area contributed by atoms with Gasteiger partial charge in [0.05, 0.1) is 7.11 Å². The summed E-state index contributed by atoms with van der Waals surface area (Å²) in [5.74, 6) is 0.319. The van der Waals surface area contributed by atoms with Gasteiger partial charge in [-0.2, -0.15) is 0 Å². The Labute approximate surface area is 159 Å². The van der Waals surface area contributed by atoms with Gasteiger partial charge in [-0.15, -0.1) is 0 Å². The molecule has 1 N–H and O–H groups in total. The van der Waals surface area contributed by atoms with Crippen LogP contribution in [0.15, 0.2) is 48.5 Å². The summed E-state index contributed by atoms with van der Waals surface area (Å²) < 4.78 is 18.6. The van der Waals surface area contributed by atoms with Gasteiger partial charge < -0.3 is 10.1 Å². The van der Waals surface area contributed by atoms with Gasteiger partial charge in [-0.05, 0) is 61.6 Å². The minimum Gasteiger partial charge on any atom is -0.497 e. The molecule has 27 heavy (non-hydrogen) atoms. The van der Waals surface area contributed by atoms with E-state index >= 15 is 0 Å². The number of amides is 1. The lowest BCUT2D eigenvalue weighted by Crippen LogP contribution is -2.50. The van der Waals surface area contributed by atoms with Crippen LogP contribution in [0.1, 0.15) is 41.6 Å². The lowest BCUT2D eigenvalue weighted by Gasteiger charge is -2.39. The predicted octanol–water partition coefficient (Wildman–Crippen LogP) is 3.76. The van der Waals surface area contributed by atoms with Crippen molar-refractivity contribution in [2.45, 2.75) is 50.4 Å². The molecular formula is C22H25FN2O2. The largest absolute Gasteiger partial charge is 0.497 e. The van der Waals surface area contributed by atoms with Crippen molar-refractivity contribution < 1.29 is 13.9 Å². The summed E-state index contributed by atoms with van der Waals surface area (Å²) in [6.07, 6.45) is 4.25. The number of benzene rings is 2. The van der Waals surface area contributed by atoms with Crippen LogP contribution in [0.25, 0.3) is 0 Å². The quantitative estimate of drug-likeness (QED) is 0.874. The van der Waals surface area contributed by atoms with Gasteiger partial charge in [0.1, 0.15) is 11.6 Å². The molecule has 142 valence electrons. The van der Waals surface area contributed by atoms with Crippen LogP contribution in [0.5, 0.6) is 5.75 Å². The molecule has 2 fully saturated rings. The third-order valence-corrected chi connectivity index (χ3v) is 5.83. The van der Waals surface area contributed by atoms with Crippen LogP contribution in [0.2, 0.25) is 0 Å². The summed E-state index contributed by atoms with van der Waals surface area (Å²) in [7, 11) is 1.68. The van der Waals surface area contributed by atoms with Gasteiger partial charge >= 0.3 is 0 Å². The highest BCUT2D eigenvalue weighted by Crippen LogP contribution is 2.37. The number of methoxy groups -OCH3 is 1. The lowest BCUT2D eigenvalue weighted by molar-refractivity contribution is 0.0827. The zero-order valence-electron chi connectivity index (χ0n) is 15.5. The maximum absolute atomic E-state index is 13.4. The molecule has 2 aliphatic rings. The molecule has 1 amide bonds. The lowest BCUT2D eigenvalue weighted by atomic mass is 9.96. The summed E-state index contributed by atoms with van der Waals surface area (Å²) in [5, 5.41) is 3.11. The Bertz CT molecular complexity index is 794. The number of piperidine rings is 1. The molecule has 0 aliphatic carbocycles. The number of hydrogen-bond acceptors (Lipinski definition) is 3. The number of ether oxygens (including phenoxy) is 1. The Morgan fingerprint density at radius 3 is 2.48 bits per heavy atom. The van der Waals surface area contributed by atoms with Crippen molar-refractivity contribution in [3.8, 4) is 5.75 Å². The van der Waals surface area contributed by atoms with Crippen LogP contribution >= 0.6 is 0 Å². The number of nitrogens with zero attached hydrogens (tertiary/aromatic N) is 1. The Hall–Kier alpha value is -2.40. The van der Waals surface area contributed by atoms with E-state index in [0.29, 0.717) is 17.6 Å². The first-order valence-electron chi connectivity index (χ1n) is 9.57. The van der Waals surface area contributed by atoms with Gasteiger partial charge in [0.25, 0.3) is 5.91 Å². The van der Waals surface area contributed by atoms with Gasteiger partial charge in [0.2, 0.25) is 0 Å². The summed E-state index contributed by atoms with van der Waals surface area (Å²) in [6.45, 7) is 0.934. The van der Waals surface area contributed by atoms with E-state index in [1.807, 2.05) is 12.1 Å². The molecule has 4 rings (SSSR count). The Balaban J connectivity index is 1.37. The molecule has 0 saturated carbocycles. The van der Waals surface area contributed by atoms with Crippen molar-refractivity contribution in [3.63, 3.8) is 0 Å². The highest BCUT2D eigenvalue weighted by atomic mass is 19.1. The van der Waals surface area contributed by atoms with Crippen LogP contribution in [-0.2, 0) is 6.54 Å². The molecule has 1 unspecified atom stereocenters. The van der Waals surface area contributed by atoms with E-state index in [1.165, 1.54) is 30.5 Å². The molecule has 0 aromatic heterocycles. The van der Waals surface area contributed by atoms with Crippen LogP contribution in [0.3, 0.4) is 0 Å². The van der Waals surface area contributed by atoms with Crippen molar-refractivity contribution in [1.82, 2.24) is 10.2 Å². The van der Waals surface area contributed by atoms with Crippen LogP contribution in [0.4, 0.5) is 4.39 Å². The zero-order chi connectivity index (χ0) is 18.8. The fraction of sp³-hybridized carbons (Fsp3) is 0.409. The number of carbonyl (C=O) groups is 1. The zero-order valence-corrected chi connectivity index (χ0v) is 15.5. The second-order valence-corrected chi connectivity index (χ2v) is 7.56. The van der Waals surface area contributed by atoms with E-state index in [2.05, 4.69) is 22.3 Å². The normalized spacial score (nSPS) is 24.6. The van der Waals surface area contributed by atoms with E-state index in [4.69, 9.17) is 4.74 Å². The van der Waals surface area contributed by atoms with Gasteiger partial charge in [0, 0.05) is 30.2 Å². The first kappa shape index (κ1) is 18.0. The molecular weight excluding hydrogens is 343 g/mol. The minimum absolute atomic E-state index is 0.158. The molecule has 0 radical (unpaired) electrons. The van der Waals surface area contributed by atoms with Gasteiger partial charge in [-0.3, -0.25) is 9.69 Å². The number of halogens is 1. The second kappa shape index (κ2) is 7.69. The summed E-state index contributed by atoms with van der Waals surface area (Å²) in [6, 6.07) is 15.3. The Morgan fingerprint density at radius 1 is 1.15 bits per heavy atom. The van der Waals surface area contributed by atoms with Crippen molar-refractivity contribution in [3.05, 3.63) is 65.5 Å². The topological polar surface area (TPSA) is 41.6 Å². The summed E-state index contributed by atoms with van der Waals surface area (Å²) in [4.78, 5) is 15.0. The third-order valence-electron chi connectivity index (χ3n) is 5.83. The van der Waals surface area contributed by atoms with Crippen molar-refractivity contribution >= 4 is 5.91 Å². The first-order chi connectivity index (χ1) is 13.1. The van der Waals surface area contributed by atoms with E-state index in [1.54, 1.807) is 19.2 Å². The molecule has 2 heterocycles. The molecule has 2 bridgehead atoms. The van der Waals surface area contributed by atoms with E-state index in [-0.39, 0.29) is 17.8 Å². The number of rotatable bonds is 5. The SMILES string of the molecule is COc1ccc(CN2[C@@H]3CC[C@H]2CC(NC(=O)c2cccc(F)c2)C3)cc1. The molecule has 0 spiro atoms. The number of carbonyl (C=O) groups excluding carboxylic acids is 1. The molecule has 2 aromatic carbocycles. The van der Waals surface area contributed by atoms with Crippen LogP contribution in [-0.4, -0.2) is 36.0 Å². The molecule has 2 aliphatic heterocycles. The van der Waals surface area contributed by atoms with Gasteiger partial charge in [0.15, 0.2) is 0 Å². The Kier molecular flexibility index (Phi) is 5.12. The molecule has 3 atom stereocenters.